The monoisotopic (exact) mass is 293 g/mol. The van der Waals surface area contributed by atoms with Gasteiger partial charge in [0.1, 0.15) is 5.52 Å². The number of H-pyrrole nitrogens is 2. The van der Waals surface area contributed by atoms with Gasteiger partial charge in [0.15, 0.2) is 10.3 Å². The van der Waals surface area contributed by atoms with Crippen LogP contribution in [0.1, 0.15) is 45.4 Å². The molecule has 0 fully saturated rings. The standard InChI is InChI=1S/C13H19N5OS/c1-2-3-4-5-6-7-9(19)16-13-17-11-10(12(20)18-13)14-8-15-11/h8H,2-7H2,1H3,(H3,14,15,16,17,18,19,20). The Morgan fingerprint density at radius 3 is 2.95 bits per heavy atom. The van der Waals surface area contributed by atoms with E-state index in [-0.39, 0.29) is 5.91 Å². The molecule has 2 aromatic rings. The highest BCUT2D eigenvalue weighted by molar-refractivity contribution is 7.71. The van der Waals surface area contributed by atoms with Crippen LogP contribution in [0.25, 0.3) is 11.2 Å². The van der Waals surface area contributed by atoms with E-state index in [0.29, 0.717) is 28.2 Å². The summed E-state index contributed by atoms with van der Waals surface area (Å²) in [5, 5.41) is 2.73. The van der Waals surface area contributed by atoms with Crippen LogP contribution in [0.2, 0.25) is 0 Å². The molecule has 0 bridgehead atoms. The molecular weight excluding hydrogens is 274 g/mol. The molecule has 2 rings (SSSR count). The van der Waals surface area contributed by atoms with Gasteiger partial charge >= 0.3 is 0 Å². The van der Waals surface area contributed by atoms with Gasteiger partial charge < -0.3 is 9.97 Å². The van der Waals surface area contributed by atoms with Crippen LogP contribution in [-0.4, -0.2) is 25.8 Å². The van der Waals surface area contributed by atoms with Crippen LogP contribution in [0.5, 0.6) is 0 Å². The molecule has 0 aliphatic heterocycles. The lowest BCUT2D eigenvalue weighted by Gasteiger charge is -2.04. The van der Waals surface area contributed by atoms with E-state index in [9.17, 15) is 4.79 Å². The Balaban J connectivity index is 1.88. The van der Waals surface area contributed by atoms with Crippen LogP contribution < -0.4 is 5.32 Å². The van der Waals surface area contributed by atoms with Crippen molar-refractivity contribution in [2.45, 2.75) is 45.4 Å². The van der Waals surface area contributed by atoms with Gasteiger partial charge in [-0.25, -0.2) is 9.97 Å². The number of unbranched alkanes of at least 4 members (excludes halogenated alkanes) is 4. The molecule has 0 atom stereocenters. The highest BCUT2D eigenvalue weighted by Gasteiger charge is 2.07. The van der Waals surface area contributed by atoms with Gasteiger partial charge in [-0.05, 0) is 6.42 Å². The lowest BCUT2D eigenvalue weighted by molar-refractivity contribution is -0.116. The van der Waals surface area contributed by atoms with Crippen molar-refractivity contribution in [3.05, 3.63) is 11.0 Å². The lowest BCUT2D eigenvalue weighted by atomic mass is 10.1. The van der Waals surface area contributed by atoms with E-state index in [1.54, 1.807) is 0 Å². The van der Waals surface area contributed by atoms with Crippen molar-refractivity contribution in [1.29, 1.82) is 0 Å². The van der Waals surface area contributed by atoms with Gasteiger partial charge in [0.25, 0.3) is 0 Å². The van der Waals surface area contributed by atoms with Crippen LogP contribution in [0.15, 0.2) is 6.33 Å². The maximum Gasteiger partial charge on any atom is 0.226 e. The van der Waals surface area contributed by atoms with E-state index in [0.717, 1.165) is 12.8 Å². The highest BCUT2D eigenvalue weighted by Crippen LogP contribution is 2.11. The maximum atomic E-state index is 11.8. The maximum absolute atomic E-state index is 11.8. The summed E-state index contributed by atoms with van der Waals surface area (Å²) in [5.41, 5.74) is 1.28. The summed E-state index contributed by atoms with van der Waals surface area (Å²) < 4.78 is 0.398. The fourth-order valence-corrected chi connectivity index (χ4v) is 2.24. The first-order valence-electron chi connectivity index (χ1n) is 6.94. The number of hydrogen-bond acceptors (Lipinski definition) is 4. The largest absolute Gasteiger partial charge is 0.341 e. The van der Waals surface area contributed by atoms with E-state index in [2.05, 4.69) is 32.2 Å². The number of nitrogens with zero attached hydrogens (tertiary/aromatic N) is 2. The molecule has 7 heteroatoms. The van der Waals surface area contributed by atoms with Gasteiger partial charge in [-0.2, -0.15) is 0 Å². The summed E-state index contributed by atoms with van der Waals surface area (Å²) in [6, 6.07) is 0. The first-order valence-corrected chi connectivity index (χ1v) is 7.34. The second kappa shape index (κ2) is 7.14. The van der Waals surface area contributed by atoms with Crippen LogP contribution in [-0.2, 0) is 4.79 Å². The Morgan fingerprint density at radius 1 is 1.35 bits per heavy atom. The number of imidazole rings is 1. The van der Waals surface area contributed by atoms with Gasteiger partial charge in [-0.3, -0.25) is 10.1 Å². The summed E-state index contributed by atoms with van der Waals surface area (Å²) in [6.45, 7) is 2.17. The number of carbonyl (C=O) groups is 1. The molecule has 2 heterocycles. The summed E-state index contributed by atoms with van der Waals surface area (Å²) in [5.74, 6) is 0.308. The molecule has 0 aliphatic rings. The minimum atomic E-state index is -0.0467. The van der Waals surface area contributed by atoms with E-state index in [1.165, 1.54) is 25.6 Å². The van der Waals surface area contributed by atoms with Gasteiger partial charge in [-0.1, -0.05) is 44.8 Å². The van der Waals surface area contributed by atoms with Crippen LogP contribution in [0.3, 0.4) is 0 Å². The minimum absolute atomic E-state index is 0.0467. The lowest BCUT2D eigenvalue weighted by Crippen LogP contribution is -2.13. The Kier molecular flexibility index (Phi) is 5.23. The number of anilines is 1. The molecule has 6 nitrogen and oxygen atoms in total. The zero-order valence-electron chi connectivity index (χ0n) is 11.5. The average molecular weight is 293 g/mol. The van der Waals surface area contributed by atoms with Gasteiger partial charge in [0.05, 0.1) is 6.33 Å². The van der Waals surface area contributed by atoms with Crippen molar-refractivity contribution in [2.24, 2.45) is 0 Å². The van der Waals surface area contributed by atoms with Crippen molar-refractivity contribution in [1.82, 2.24) is 19.9 Å². The average Bonchev–Trinajstić information content (AvgIpc) is 2.87. The number of rotatable bonds is 7. The van der Waals surface area contributed by atoms with Gasteiger partial charge in [0.2, 0.25) is 11.9 Å². The second-order valence-corrected chi connectivity index (χ2v) is 5.12. The van der Waals surface area contributed by atoms with Crippen molar-refractivity contribution in [3.8, 4) is 0 Å². The third-order valence-corrected chi connectivity index (χ3v) is 3.36. The molecule has 0 aromatic carbocycles. The zero-order chi connectivity index (χ0) is 14.4. The van der Waals surface area contributed by atoms with Crippen LogP contribution in [0, 0.1) is 4.64 Å². The number of amides is 1. The van der Waals surface area contributed by atoms with E-state index >= 15 is 0 Å². The summed E-state index contributed by atoms with van der Waals surface area (Å²) >= 11 is 5.13. The van der Waals surface area contributed by atoms with E-state index < -0.39 is 0 Å². The van der Waals surface area contributed by atoms with Crippen molar-refractivity contribution in [2.75, 3.05) is 5.32 Å². The number of aromatic nitrogens is 4. The quantitative estimate of drug-likeness (QED) is 0.540. The molecule has 0 aliphatic carbocycles. The van der Waals surface area contributed by atoms with Crippen molar-refractivity contribution < 1.29 is 4.79 Å². The fourth-order valence-electron chi connectivity index (χ4n) is 1.99. The molecule has 0 saturated heterocycles. The molecule has 0 spiro atoms. The molecule has 1 amide bonds. The molecule has 0 radical (unpaired) electrons. The zero-order valence-corrected chi connectivity index (χ0v) is 12.3. The minimum Gasteiger partial charge on any atom is -0.341 e. The molecular formula is C13H19N5OS. The number of nitrogens with one attached hydrogen (secondary N) is 3. The summed E-state index contributed by atoms with van der Waals surface area (Å²) in [6.07, 6.45) is 7.65. The fraction of sp³-hybridized carbons (Fsp3) is 0.538. The first-order chi connectivity index (χ1) is 9.70. The predicted octanol–water partition coefficient (Wildman–Crippen LogP) is 3.31. The van der Waals surface area contributed by atoms with Gasteiger partial charge in [-0.15, -0.1) is 0 Å². The van der Waals surface area contributed by atoms with E-state index in [4.69, 9.17) is 12.2 Å². The Morgan fingerprint density at radius 2 is 2.15 bits per heavy atom. The Labute approximate surface area is 122 Å². The molecule has 0 saturated carbocycles. The molecule has 3 N–H and O–H groups in total. The molecule has 0 unspecified atom stereocenters. The Hall–Kier alpha value is -1.76. The summed E-state index contributed by atoms with van der Waals surface area (Å²) in [4.78, 5) is 25.8. The topological polar surface area (TPSA) is 86.5 Å². The summed E-state index contributed by atoms with van der Waals surface area (Å²) in [7, 11) is 0. The number of fused-ring (bicyclic) bond motifs is 1. The predicted molar refractivity (Wildman–Crippen MR) is 81.1 cm³/mol. The van der Waals surface area contributed by atoms with Crippen molar-refractivity contribution >= 4 is 35.2 Å². The SMILES string of the molecule is CCCCCCCC(=O)Nc1nc(=S)c2[nH]cnc2[nH]1. The van der Waals surface area contributed by atoms with Crippen LogP contribution in [0.4, 0.5) is 5.95 Å². The third kappa shape index (κ3) is 3.86. The molecule has 2 aromatic heterocycles. The second-order valence-electron chi connectivity index (χ2n) is 4.73. The van der Waals surface area contributed by atoms with Gasteiger partial charge in [0, 0.05) is 6.42 Å². The number of carbonyl (C=O) groups excluding carboxylic acids is 1. The Bertz CT molecular complexity index is 633. The van der Waals surface area contributed by atoms with Crippen molar-refractivity contribution in [3.63, 3.8) is 0 Å². The molecule has 20 heavy (non-hydrogen) atoms. The first kappa shape index (κ1) is 14.6. The third-order valence-electron chi connectivity index (χ3n) is 3.07. The molecule has 108 valence electrons. The highest BCUT2D eigenvalue weighted by atomic mass is 32.1. The normalized spacial score (nSPS) is 10.8. The number of hydrogen-bond donors (Lipinski definition) is 3. The van der Waals surface area contributed by atoms with E-state index in [1.807, 2.05) is 0 Å². The van der Waals surface area contributed by atoms with Crippen LogP contribution >= 0.6 is 12.2 Å². The smallest absolute Gasteiger partial charge is 0.226 e. The number of aromatic amines is 2.